The zero-order valence-corrected chi connectivity index (χ0v) is 6.82. The molecule has 1 aliphatic heterocycles. The lowest BCUT2D eigenvalue weighted by molar-refractivity contribution is -0.208. The maximum absolute atomic E-state index is 9.37. The van der Waals surface area contributed by atoms with E-state index in [0.717, 1.165) is 0 Å². The molecule has 0 aromatic rings. The molecule has 0 radical (unpaired) electrons. The van der Waals surface area contributed by atoms with Crippen molar-refractivity contribution in [2.75, 3.05) is 13.7 Å². The molecule has 0 spiro atoms. The third-order valence-electron chi connectivity index (χ3n) is 2.14. The molecule has 4 unspecified atom stereocenters. The van der Waals surface area contributed by atoms with E-state index < -0.39 is 12.4 Å². The van der Waals surface area contributed by atoms with E-state index in [1.54, 1.807) is 7.05 Å². The Morgan fingerprint density at radius 3 is 2.55 bits per heavy atom. The van der Waals surface area contributed by atoms with E-state index >= 15 is 0 Å². The third kappa shape index (κ3) is 1.70. The molecule has 0 saturated carbocycles. The van der Waals surface area contributed by atoms with Crippen LogP contribution in [0.2, 0.25) is 0 Å². The maximum atomic E-state index is 9.37. The number of hydrogen-bond acceptors (Lipinski definition) is 4. The lowest BCUT2D eigenvalue weighted by atomic mass is 9.95. The van der Waals surface area contributed by atoms with Crippen molar-refractivity contribution < 1.29 is 14.9 Å². The predicted molar refractivity (Wildman–Crippen MR) is 40.0 cm³/mol. The highest BCUT2D eigenvalue weighted by atomic mass is 16.6. The molecule has 0 aromatic heterocycles. The molecule has 1 rings (SSSR count). The van der Waals surface area contributed by atoms with E-state index in [4.69, 9.17) is 9.84 Å². The number of ether oxygens (including phenoxy) is 1. The van der Waals surface area contributed by atoms with E-state index in [1.165, 1.54) is 0 Å². The molecule has 0 amide bonds. The fraction of sp³-hybridized carbons (Fsp3) is 1.00. The Morgan fingerprint density at radius 1 is 1.45 bits per heavy atom. The Morgan fingerprint density at radius 2 is 2.09 bits per heavy atom. The Kier molecular flexibility index (Phi) is 2.84. The van der Waals surface area contributed by atoms with E-state index in [2.05, 4.69) is 5.32 Å². The topological polar surface area (TPSA) is 61.7 Å². The van der Waals surface area contributed by atoms with Gasteiger partial charge in [-0.1, -0.05) is 6.92 Å². The summed E-state index contributed by atoms with van der Waals surface area (Å²) < 4.78 is 4.90. The van der Waals surface area contributed by atoms with Gasteiger partial charge in [0.2, 0.25) is 0 Å². The van der Waals surface area contributed by atoms with Gasteiger partial charge in [0.15, 0.2) is 6.29 Å². The molecule has 3 N–H and O–H groups in total. The second-order valence-corrected chi connectivity index (χ2v) is 3.01. The zero-order valence-electron chi connectivity index (χ0n) is 6.82. The molecule has 1 fully saturated rings. The van der Waals surface area contributed by atoms with Crippen LogP contribution in [0.25, 0.3) is 0 Å². The molecule has 0 bridgehead atoms. The summed E-state index contributed by atoms with van der Waals surface area (Å²) in [6.45, 7) is 2.46. The Balaban J connectivity index is 2.55. The lowest BCUT2D eigenvalue weighted by Gasteiger charge is -2.36. The largest absolute Gasteiger partial charge is 0.386 e. The second kappa shape index (κ2) is 3.49. The summed E-state index contributed by atoms with van der Waals surface area (Å²) in [5.41, 5.74) is 0. The van der Waals surface area contributed by atoms with Crippen molar-refractivity contribution in [1.29, 1.82) is 0 Å². The summed E-state index contributed by atoms with van der Waals surface area (Å²) in [4.78, 5) is 0. The van der Waals surface area contributed by atoms with Crippen LogP contribution < -0.4 is 5.32 Å². The molecule has 1 saturated heterocycles. The van der Waals surface area contributed by atoms with Crippen LogP contribution in [-0.4, -0.2) is 42.3 Å². The zero-order chi connectivity index (χ0) is 8.43. The molecule has 1 aliphatic rings. The summed E-state index contributed by atoms with van der Waals surface area (Å²) in [6.07, 6.45) is -1.85. The van der Waals surface area contributed by atoms with E-state index in [1.807, 2.05) is 6.92 Å². The molecule has 4 atom stereocenters. The monoisotopic (exact) mass is 161 g/mol. The van der Waals surface area contributed by atoms with E-state index in [-0.39, 0.29) is 12.0 Å². The van der Waals surface area contributed by atoms with Gasteiger partial charge in [-0.05, 0) is 13.0 Å². The van der Waals surface area contributed by atoms with Gasteiger partial charge in [0, 0.05) is 6.04 Å². The van der Waals surface area contributed by atoms with Gasteiger partial charge in [-0.25, -0.2) is 0 Å². The minimum absolute atomic E-state index is 0.0706. The van der Waals surface area contributed by atoms with E-state index in [0.29, 0.717) is 6.61 Å². The van der Waals surface area contributed by atoms with Crippen molar-refractivity contribution in [2.24, 2.45) is 5.92 Å². The van der Waals surface area contributed by atoms with Crippen molar-refractivity contribution >= 4 is 0 Å². The first kappa shape index (κ1) is 8.93. The molecule has 0 aliphatic carbocycles. The minimum atomic E-state index is -1.04. The van der Waals surface area contributed by atoms with Crippen molar-refractivity contribution in [3.8, 4) is 0 Å². The molecule has 66 valence electrons. The van der Waals surface area contributed by atoms with Crippen LogP contribution in [0.3, 0.4) is 0 Å². The van der Waals surface area contributed by atoms with Gasteiger partial charge in [0.05, 0.1) is 6.61 Å². The van der Waals surface area contributed by atoms with Crippen molar-refractivity contribution in [3.05, 3.63) is 0 Å². The number of hydrogen-bond donors (Lipinski definition) is 3. The van der Waals surface area contributed by atoms with Crippen LogP contribution in [0, 0.1) is 5.92 Å². The molecule has 1 heterocycles. The van der Waals surface area contributed by atoms with Gasteiger partial charge in [0.25, 0.3) is 0 Å². The number of aliphatic hydroxyl groups is 2. The van der Waals surface area contributed by atoms with Gasteiger partial charge < -0.3 is 20.3 Å². The molecular formula is C7H15NO3. The maximum Gasteiger partial charge on any atom is 0.182 e. The first-order chi connectivity index (χ1) is 5.16. The third-order valence-corrected chi connectivity index (χ3v) is 2.14. The van der Waals surface area contributed by atoms with E-state index in [9.17, 15) is 5.11 Å². The Labute approximate surface area is 66.2 Å². The molecule has 0 aromatic carbocycles. The van der Waals surface area contributed by atoms with Gasteiger partial charge in [0.1, 0.15) is 6.10 Å². The Bertz CT molecular complexity index is 131. The predicted octanol–water partition coefficient (Wildman–Crippen LogP) is -1.08. The van der Waals surface area contributed by atoms with Crippen LogP contribution in [0.1, 0.15) is 6.92 Å². The Hall–Kier alpha value is -0.160. The van der Waals surface area contributed by atoms with Crippen molar-refractivity contribution in [1.82, 2.24) is 5.32 Å². The number of likely N-dealkylation sites (N-methyl/N-ethyl adjacent to an activating group) is 1. The molecule has 4 nitrogen and oxygen atoms in total. The summed E-state index contributed by atoms with van der Waals surface area (Å²) in [6, 6.07) is -0.0706. The summed E-state index contributed by atoms with van der Waals surface area (Å²) in [7, 11) is 1.77. The highest BCUT2D eigenvalue weighted by Crippen LogP contribution is 2.17. The summed E-state index contributed by atoms with van der Waals surface area (Å²) in [5, 5.41) is 21.4. The average Bonchev–Trinajstić information content (AvgIpc) is 1.99. The molecular weight excluding hydrogens is 146 g/mol. The molecule has 11 heavy (non-hydrogen) atoms. The van der Waals surface area contributed by atoms with Gasteiger partial charge >= 0.3 is 0 Å². The number of aliphatic hydroxyl groups excluding tert-OH is 2. The van der Waals surface area contributed by atoms with Crippen LogP contribution in [0.5, 0.6) is 0 Å². The first-order valence-corrected chi connectivity index (χ1v) is 3.82. The number of nitrogens with one attached hydrogen (secondary N) is 1. The van der Waals surface area contributed by atoms with Crippen LogP contribution in [0.15, 0.2) is 0 Å². The normalized spacial score (nSPS) is 45.8. The standard InChI is InChI=1S/C7H15NO3/c1-4-3-11-7(10)6(9)5(4)8-2/h4-10H,3H2,1-2H3. The number of rotatable bonds is 1. The second-order valence-electron chi connectivity index (χ2n) is 3.01. The quantitative estimate of drug-likeness (QED) is 0.458. The van der Waals surface area contributed by atoms with Gasteiger partial charge in [-0.2, -0.15) is 0 Å². The van der Waals surface area contributed by atoms with Crippen molar-refractivity contribution in [3.63, 3.8) is 0 Å². The lowest BCUT2D eigenvalue weighted by Crippen LogP contribution is -2.54. The van der Waals surface area contributed by atoms with Crippen LogP contribution >= 0.6 is 0 Å². The summed E-state index contributed by atoms with van der Waals surface area (Å²) in [5.74, 6) is 0.235. The highest BCUT2D eigenvalue weighted by Gasteiger charge is 2.34. The smallest absolute Gasteiger partial charge is 0.182 e. The van der Waals surface area contributed by atoms with Crippen LogP contribution in [0.4, 0.5) is 0 Å². The van der Waals surface area contributed by atoms with Crippen molar-refractivity contribution in [2.45, 2.75) is 25.4 Å². The fourth-order valence-electron chi connectivity index (χ4n) is 1.42. The molecule has 4 heteroatoms. The summed E-state index contributed by atoms with van der Waals surface area (Å²) >= 11 is 0. The minimum Gasteiger partial charge on any atom is -0.386 e. The SMILES string of the molecule is CNC1C(C)COC(O)C1O. The van der Waals surface area contributed by atoms with Gasteiger partial charge in [-0.3, -0.25) is 0 Å². The van der Waals surface area contributed by atoms with Gasteiger partial charge in [-0.15, -0.1) is 0 Å². The van der Waals surface area contributed by atoms with Crippen LogP contribution in [-0.2, 0) is 4.74 Å². The average molecular weight is 161 g/mol. The fourth-order valence-corrected chi connectivity index (χ4v) is 1.42. The first-order valence-electron chi connectivity index (χ1n) is 3.82. The highest BCUT2D eigenvalue weighted by molar-refractivity contribution is 4.84.